The lowest BCUT2D eigenvalue weighted by Gasteiger charge is -2.08. The van der Waals surface area contributed by atoms with Crippen molar-refractivity contribution in [1.82, 2.24) is 10.2 Å². The number of aromatic nitrogens is 2. The predicted molar refractivity (Wildman–Crippen MR) is 90.2 cm³/mol. The molecule has 0 radical (unpaired) electrons. The molecule has 3 rings (SSSR count). The minimum Gasteiger partial charge on any atom is -0.353 e. The van der Waals surface area contributed by atoms with Gasteiger partial charge in [0.15, 0.2) is 4.34 Å². The summed E-state index contributed by atoms with van der Waals surface area (Å²) in [6.07, 6.45) is 0. The summed E-state index contributed by atoms with van der Waals surface area (Å²) in [4.78, 5) is 3.15. The van der Waals surface area contributed by atoms with Crippen molar-refractivity contribution in [2.75, 3.05) is 19.0 Å². The Kier molecular flexibility index (Phi) is 4.10. The van der Waals surface area contributed by atoms with Crippen molar-refractivity contribution < 1.29 is 0 Å². The lowest BCUT2D eigenvalue weighted by atomic mass is 10.0. The van der Waals surface area contributed by atoms with Crippen molar-refractivity contribution in [1.29, 1.82) is 0 Å². The second-order valence-corrected chi connectivity index (χ2v) is 7.06. The minimum atomic E-state index is 0.551. The first-order chi connectivity index (χ1) is 10.2. The number of nitrogens with zero attached hydrogens (tertiary/aromatic N) is 3. The van der Waals surface area contributed by atoms with Crippen LogP contribution in [0.1, 0.15) is 5.56 Å². The van der Waals surface area contributed by atoms with Gasteiger partial charge in [0.05, 0.1) is 0 Å². The molecule has 1 aromatic heterocycles. The summed E-state index contributed by atoms with van der Waals surface area (Å²) in [7, 11) is 3.95. The largest absolute Gasteiger partial charge is 0.353 e. The second-order valence-electron chi connectivity index (χ2n) is 4.82. The molecule has 2 aromatic carbocycles. The lowest BCUT2D eigenvalue weighted by Crippen LogP contribution is -2.07. The molecule has 0 aliphatic rings. The van der Waals surface area contributed by atoms with E-state index in [4.69, 9.17) is 5.73 Å². The molecular formula is C15H16N4S2. The number of benzene rings is 2. The monoisotopic (exact) mass is 316 g/mol. The van der Waals surface area contributed by atoms with Crippen LogP contribution in [0.25, 0.3) is 10.8 Å². The van der Waals surface area contributed by atoms with E-state index in [-0.39, 0.29) is 0 Å². The SMILES string of the molecule is CN(C)c1nnc(Sc2ccc(CN)c3ccccc23)s1. The quantitative estimate of drug-likeness (QED) is 0.800. The fraction of sp³-hybridized carbons (Fsp3) is 0.200. The number of rotatable bonds is 4. The highest BCUT2D eigenvalue weighted by Crippen LogP contribution is 2.37. The number of hydrogen-bond donors (Lipinski definition) is 1. The second kappa shape index (κ2) is 6.01. The van der Waals surface area contributed by atoms with Crippen LogP contribution < -0.4 is 10.6 Å². The summed E-state index contributed by atoms with van der Waals surface area (Å²) in [6, 6.07) is 12.6. The summed E-state index contributed by atoms with van der Waals surface area (Å²) >= 11 is 3.25. The summed E-state index contributed by atoms with van der Waals surface area (Å²) in [5, 5.41) is 11.8. The van der Waals surface area contributed by atoms with Crippen molar-refractivity contribution in [3.8, 4) is 0 Å². The Morgan fingerprint density at radius 3 is 2.52 bits per heavy atom. The van der Waals surface area contributed by atoms with E-state index in [0.717, 1.165) is 9.47 Å². The highest BCUT2D eigenvalue weighted by molar-refractivity contribution is 8.01. The van der Waals surface area contributed by atoms with E-state index >= 15 is 0 Å². The third-order valence-electron chi connectivity index (χ3n) is 3.17. The Morgan fingerprint density at radius 2 is 1.86 bits per heavy atom. The fourth-order valence-electron chi connectivity index (χ4n) is 2.12. The molecule has 3 aromatic rings. The molecule has 0 fully saturated rings. The molecule has 21 heavy (non-hydrogen) atoms. The van der Waals surface area contributed by atoms with Gasteiger partial charge in [0.25, 0.3) is 0 Å². The molecule has 0 spiro atoms. The summed E-state index contributed by atoms with van der Waals surface area (Å²) in [5.41, 5.74) is 6.99. The average molecular weight is 316 g/mol. The normalized spacial score (nSPS) is 11.0. The predicted octanol–water partition coefficient (Wildman–Crippen LogP) is 3.37. The Labute approximate surface area is 132 Å². The highest BCUT2D eigenvalue weighted by Gasteiger charge is 2.10. The minimum absolute atomic E-state index is 0.551. The molecule has 0 aliphatic carbocycles. The van der Waals surface area contributed by atoms with Crippen LogP contribution in [0.2, 0.25) is 0 Å². The Balaban J connectivity index is 2.00. The van der Waals surface area contributed by atoms with Gasteiger partial charge in [-0.1, -0.05) is 53.4 Å². The van der Waals surface area contributed by atoms with Gasteiger partial charge in [0.1, 0.15) is 0 Å². The van der Waals surface area contributed by atoms with Crippen molar-refractivity contribution in [2.24, 2.45) is 5.73 Å². The van der Waals surface area contributed by atoms with Crippen molar-refractivity contribution in [2.45, 2.75) is 15.8 Å². The van der Waals surface area contributed by atoms with Crippen LogP contribution in [0.5, 0.6) is 0 Å². The number of nitrogens with two attached hydrogens (primary N) is 1. The number of anilines is 1. The number of hydrogen-bond acceptors (Lipinski definition) is 6. The third-order valence-corrected chi connectivity index (χ3v) is 5.39. The van der Waals surface area contributed by atoms with E-state index in [9.17, 15) is 0 Å². The maximum atomic E-state index is 5.82. The van der Waals surface area contributed by atoms with Crippen molar-refractivity contribution >= 4 is 39.0 Å². The first kappa shape index (κ1) is 14.3. The molecule has 0 atom stereocenters. The van der Waals surface area contributed by atoms with Gasteiger partial charge in [-0.15, -0.1) is 10.2 Å². The summed E-state index contributed by atoms with van der Waals surface area (Å²) in [5.74, 6) is 0. The molecule has 1 heterocycles. The van der Waals surface area contributed by atoms with Crippen LogP contribution in [0.4, 0.5) is 5.13 Å². The van der Waals surface area contributed by atoms with Crippen LogP contribution in [0.15, 0.2) is 45.6 Å². The van der Waals surface area contributed by atoms with E-state index in [0.29, 0.717) is 6.54 Å². The first-order valence-electron chi connectivity index (χ1n) is 6.58. The van der Waals surface area contributed by atoms with Crippen LogP contribution in [0.3, 0.4) is 0 Å². The molecule has 6 heteroatoms. The highest BCUT2D eigenvalue weighted by atomic mass is 32.2. The van der Waals surface area contributed by atoms with Gasteiger partial charge in [0.2, 0.25) is 5.13 Å². The molecule has 0 bridgehead atoms. The molecular weight excluding hydrogens is 300 g/mol. The topological polar surface area (TPSA) is 55.0 Å². The Morgan fingerprint density at radius 1 is 1.10 bits per heavy atom. The molecule has 2 N–H and O–H groups in total. The standard InChI is InChI=1S/C15H16N4S2/c1-19(2)14-17-18-15(21-14)20-13-8-7-10(9-16)11-5-3-4-6-12(11)13/h3-8H,9,16H2,1-2H3. The molecule has 108 valence electrons. The van der Waals surface area contributed by atoms with E-state index in [1.807, 2.05) is 25.1 Å². The Hall–Kier alpha value is -1.63. The zero-order chi connectivity index (χ0) is 14.8. The van der Waals surface area contributed by atoms with Gasteiger partial charge in [-0.25, -0.2) is 0 Å². The van der Waals surface area contributed by atoms with Crippen LogP contribution >= 0.6 is 23.1 Å². The van der Waals surface area contributed by atoms with Crippen LogP contribution in [-0.4, -0.2) is 24.3 Å². The maximum absolute atomic E-state index is 5.82. The van der Waals surface area contributed by atoms with E-state index < -0.39 is 0 Å². The fourth-order valence-corrected chi connectivity index (χ4v) is 3.97. The van der Waals surface area contributed by atoms with Gasteiger partial charge in [0, 0.05) is 25.5 Å². The van der Waals surface area contributed by atoms with E-state index in [1.54, 1.807) is 23.1 Å². The third kappa shape index (κ3) is 2.88. The van der Waals surface area contributed by atoms with E-state index in [1.165, 1.54) is 21.2 Å². The Bertz CT molecular complexity index is 767. The summed E-state index contributed by atoms with van der Waals surface area (Å²) in [6.45, 7) is 0.551. The smallest absolute Gasteiger partial charge is 0.208 e. The lowest BCUT2D eigenvalue weighted by molar-refractivity contribution is 0.973. The van der Waals surface area contributed by atoms with Crippen molar-refractivity contribution in [3.63, 3.8) is 0 Å². The molecule has 4 nitrogen and oxygen atoms in total. The first-order valence-corrected chi connectivity index (χ1v) is 8.21. The van der Waals surface area contributed by atoms with Gasteiger partial charge >= 0.3 is 0 Å². The van der Waals surface area contributed by atoms with Gasteiger partial charge < -0.3 is 10.6 Å². The zero-order valence-corrected chi connectivity index (χ0v) is 13.5. The van der Waals surface area contributed by atoms with Gasteiger partial charge in [-0.3, -0.25) is 0 Å². The molecule has 0 saturated heterocycles. The van der Waals surface area contributed by atoms with Gasteiger partial charge in [-0.2, -0.15) is 0 Å². The van der Waals surface area contributed by atoms with Crippen LogP contribution in [0, 0.1) is 0 Å². The maximum Gasteiger partial charge on any atom is 0.208 e. The van der Waals surface area contributed by atoms with Gasteiger partial charge in [-0.05, 0) is 22.4 Å². The molecule has 0 saturated carbocycles. The zero-order valence-electron chi connectivity index (χ0n) is 11.9. The number of fused-ring (bicyclic) bond motifs is 1. The molecule has 0 amide bonds. The molecule has 0 unspecified atom stereocenters. The van der Waals surface area contributed by atoms with Crippen molar-refractivity contribution in [3.05, 3.63) is 42.0 Å². The average Bonchev–Trinajstić information content (AvgIpc) is 2.96. The van der Waals surface area contributed by atoms with Crippen LogP contribution in [-0.2, 0) is 6.54 Å². The van der Waals surface area contributed by atoms with E-state index in [2.05, 4.69) is 40.5 Å². The molecule has 0 aliphatic heterocycles. The summed E-state index contributed by atoms with van der Waals surface area (Å²) < 4.78 is 0.948.